The van der Waals surface area contributed by atoms with E-state index in [1.165, 1.54) is 0 Å². The number of hydrogen-bond donors (Lipinski definition) is 4. The summed E-state index contributed by atoms with van der Waals surface area (Å²) in [5.74, 6) is -1.39. The van der Waals surface area contributed by atoms with Crippen LogP contribution in [0.3, 0.4) is 0 Å². The lowest BCUT2D eigenvalue weighted by molar-refractivity contribution is -0.143. The quantitative estimate of drug-likeness (QED) is 0.503. The Morgan fingerprint density at radius 3 is 2.65 bits per heavy atom. The number of carbonyl (C=O) groups excluding carboxylic acids is 1. The van der Waals surface area contributed by atoms with Gasteiger partial charge in [0, 0.05) is 13.0 Å². The highest BCUT2D eigenvalue weighted by Gasteiger charge is 2.40. The molecule has 1 rings (SSSR count). The van der Waals surface area contributed by atoms with Gasteiger partial charge in [-0.3, -0.25) is 4.79 Å². The van der Waals surface area contributed by atoms with Gasteiger partial charge < -0.3 is 20.8 Å². The minimum Gasteiger partial charge on any atom is -0.480 e. The van der Waals surface area contributed by atoms with Gasteiger partial charge >= 0.3 is 5.97 Å². The Kier molecular flexibility index (Phi) is 4.89. The smallest absolute Gasteiger partial charge is 0.326 e. The van der Waals surface area contributed by atoms with Crippen molar-refractivity contribution in [2.24, 2.45) is 0 Å². The summed E-state index contributed by atoms with van der Waals surface area (Å²) in [6.07, 6.45) is 2.30. The first-order valence-corrected chi connectivity index (χ1v) is 5.95. The van der Waals surface area contributed by atoms with Crippen molar-refractivity contribution in [2.45, 2.75) is 44.2 Å². The molecule has 98 valence electrons. The third-order valence-corrected chi connectivity index (χ3v) is 3.30. The minimum absolute atomic E-state index is 0.0286. The Morgan fingerprint density at radius 2 is 2.24 bits per heavy atom. The molecule has 2 atom stereocenters. The molecule has 17 heavy (non-hydrogen) atoms. The molecule has 0 aromatic carbocycles. The second kappa shape index (κ2) is 5.97. The van der Waals surface area contributed by atoms with Gasteiger partial charge in [-0.25, -0.2) is 4.79 Å². The van der Waals surface area contributed by atoms with Gasteiger partial charge in [0.15, 0.2) is 0 Å². The predicted octanol–water partition coefficient (Wildman–Crippen LogP) is -0.530. The number of carbonyl (C=O) groups is 2. The maximum absolute atomic E-state index is 12.1. The molecule has 0 saturated carbocycles. The van der Waals surface area contributed by atoms with Crippen LogP contribution in [-0.4, -0.2) is 46.8 Å². The standard InChI is InChI=1S/C11H20N2O4/c1-2-11(5-3-6-12-11)10(17)13-8(4-7-14)9(15)16/h8,12,14H,2-7H2,1H3,(H,13,17)(H,15,16)/t8-,11?/m0/s1. The average molecular weight is 244 g/mol. The summed E-state index contributed by atoms with van der Waals surface area (Å²) < 4.78 is 0. The van der Waals surface area contributed by atoms with Crippen LogP contribution in [0.25, 0.3) is 0 Å². The second-order valence-electron chi connectivity index (χ2n) is 4.34. The molecule has 4 N–H and O–H groups in total. The van der Waals surface area contributed by atoms with Crippen molar-refractivity contribution in [3.8, 4) is 0 Å². The molecular weight excluding hydrogens is 224 g/mol. The fourth-order valence-electron chi connectivity index (χ4n) is 2.15. The van der Waals surface area contributed by atoms with Crippen molar-refractivity contribution in [3.05, 3.63) is 0 Å². The molecular formula is C11H20N2O4. The number of aliphatic carboxylic acids is 1. The van der Waals surface area contributed by atoms with Gasteiger partial charge in [-0.1, -0.05) is 6.92 Å². The van der Waals surface area contributed by atoms with Gasteiger partial charge in [0.05, 0.1) is 5.54 Å². The zero-order valence-electron chi connectivity index (χ0n) is 10.0. The highest BCUT2D eigenvalue weighted by atomic mass is 16.4. The van der Waals surface area contributed by atoms with Crippen molar-refractivity contribution in [1.82, 2.24) is 10.6 Å². The van der Waals surface area contributed by atoms with Crippen LogP contribution < -0.4 is 10.6 Å². The van der Waals surface area contributed by atoms with Crippen LogP contribution in [0, 0.1) is 0 Å². The minimum atomic E-state index is -1.11. The molecule has 0 aliphatic carbocycles. The Hall–Kier alpha value is -1.14. The Morgan fingerprint density at radius 1 is 1.53 bits per heavy atom. The summed E-state index contributed by atoms with van der Waals surface area (Å²) in [4.78, 5) is 23.0. The highest BCUT2D eigenvalue weighted by molar-refractivity contribution is 5.90. The molecule has 0 spiro atoms. The molecule has 6 nitrogen and oxygen atoms in total. The third-order valence-electron chi connectivity index (χ3n) is 3.30. The lowest BCUT2D eigenvalue weighted by Crippen LogP contribution is -2.56. The molecule has 6 heteroatoms. The first-order valence-electron chi connectivity index (χ1n) is 5.95. The summed E-state index contributed by atoms with van der Waals surface area (Å²) in [5, 5.41) is 23.3. The van der Waals surface area contributed by atoms with E-state index in [1.807, 2.05) is 6.92 Å². The largest absolute Gasteiger partial charge is 0.480 e. The molecule has 1 aliphatic rings. The zero-order chi connectivity index (χ0) is 12.9. The van der Waals surface area contributed by atoms with Gasteiger partial charge in [0.2, 0.25) is 5.91 Å². The maximum Gasteiger partial charge on any atom is 0.326 e. The van der Waals surface area contributed by atoms with E-state index in [0.29, 0.717) is 6.42 Å². The molecule has 1 amide bonds. The molecule has 0 aromatic heterocycles. The summed E-state index contributed by atoms with van der Waals surface area (Å²) >= 11 is 0. The van der Waals surface area contributed by atoms with E-state index in [-0.39, 0.29) is 18.9 Å². The van der Waals surface area contributed by atoms with E-state index in [0.717, 1.165) is 19.4 Å². The first-order chi connectivity index (χ1) is 8.05. The van der Waals surface area contributed by atoms with Gasteiger partial charge in [0.25, 0.3) is 0 Å². The molecule has 0 bridgehead atoms. The fraction of sp³-hybridized carbons (Fsp3) is 0.818. The highest BCUT2D eigenvalue weighted by Crippen LogP contribution is 2.23. The lowest BCUT2D eigenvalue weighted by Gasteiger charge is -2.28. The number of amides is 1. The lowest BCUT2D eigenvalue weighted by atomic mass is 9.92. The fourth-order valence-corrected chi connectivity index (χ4v) is 2.15. The summed E-state index contributed by atoms with van der Waals surface area (Å²) in [7, 11) is 0. The van der Waals surface area contributed by atoms with E-state index in [4.69, 9.17) is 10.2 Å². The zero-order valence-corrected chi connectivity index (χ0v) is 10.0. The number of aliphatic hydroxyl groups excluding tert-OH is 1. The van der Waals surface area contributed by atoms with Gasteiger partial charge in [-0.05, 0) is 25.8 Å². The molecule has 1 heterocycles. The normalized spacial score (nSPS) is 25.5. The van der Waals surface area contributed by atoms with E-state index in [1.54, 1.807) is 0 Å². The van der Waals surface area contributed by atoms with Crippen molar-refractivity contribution < 1.29 is 19.8 Å². The van der Waals surface area contributed by atoms with Gasteiger partial charge in [-0.15, -0.1) is 0 Å². The number of nitrogens with one attached hydrogen (secondary N) is 2. The molecule has 1 fully saturated rings. The average Bonchev–Trinajstić information content (AvgIpc) is 2.78. The van der Waals surface area contributed by atoms with Crippen LogP contribution in [0.4, 0.5) is 0 Å². The van der Waals surface area contributed by atoms with Crippen LogP contribution in [0.15, 0.2) is 0 Å². The number of carboxylic acid groups (broad SMARTS) is 1. The number of hydrogen-bond acceptors (Lipinski definition) is 4. The van der Waals surface area contributed by atoms with Crippen LogP contribution in [-0.2, 0) is 9.59 Å². The van der Waals surface area contributed by atoms with Gasteiger partial charge in [-0.2, -0.15) is 0 Å². The predicted molar refractivity (Wildman–Crippen MR) is 61.5 cm³/mol. The van der Waals surface area contributed by atoms with Gasteiger partial charge in [0.1, 0.15) is 6.04 Å². The van der Waals surface area contributed by atoms with E-state index in [9.17, 15) is 9.59 Å². The van der Waals surface area contributed by atoms with Crippen molar-refractivity contribution >= 4 is 11.9 Å². The Balaban J connectivity index is 2.65. The van der Waals surface area contributed by atoms with Crippen molar-refractivity contribution in [1.29, 1.82) is 0 Å². The SMILES string of the molecule is CCC1(C(=O)N[C@@H](CCO)C(=O)O)CCCN1. The number of rotatable bonds is 6. The van der Waals surface area contributed by atoms with Crippen LogP contribution >= 0.6 is 0 Å². The number of aliphatic hydroxyl groups is 1. The third kappa shape index (κ3) is 3.17. The van der Waals surface area contributed by atoms with E-state index >= 15 is 0 Å². The summed E-state index contributed by atoms with van der Waals surface area (Å²) in [6, 6.07) is -1.02. The Labute approximate surface area is 100 Å². The maximum atomic E-state index is 12.1. The summed E-state index contributed by atoms with van der Waals surface area (Å²) in [6.45, 7) is 2.42. The van der Waals surface area contributed by atoms with E-state index in [2.05, 4.69) is 10.6 Å². The summed E-state index contributed by atoms with van der Waals surface area (Å²) in [5.41, 5.74) is -0.636. The van der Waals surface area contributed by atoms with Crippen molar-refractivity contribution in [3.63, 3.8) is 0 Å². The van der Waals surface area contributed by atoms with Crippen LogP contribution in [0.2, 0.25) is 0 Å². The van der Waals surface area contributed by atoms with Crippen LogP contribution in [0.1, 0.15) is 32.6 Å². The van der Waals surface area contributed by atoms with Crippen LogP contribution in [0.5, 0.6) is 0 Å². The second-order valence-corrected chi connectivity index (χ2v) is 4.34. The first kappa shape index (κ1) is 13.9. The van der Waals surface area contributed by atoms with Crippen molar-refractivity contribution in [2.75, 3.05) is 13.2 Å². The molecule has 0 aromatic rings. The monoisotopic (exact) mass is 244 g/mol. The molecule has 0 radical (unpaired) electrons. The van der Waals surface area contributed by atoms with E-state index < -0.39 is 17.6 Å². The molecule has 1 unspecified atom stereocenters. The topological polar surface area (TPSA) is 98.7 Å². The number of carboxylic acids is 1. The Bertz CT molecular complexity index is 287. The molecule has 1 saturated heterocycles. The molecule has 1 aliphatic heterocycles.